The van der Waals surface area contributed by atoms with Crippen molar-refractivity contribution >= 4 is 27.6 Å². The van der Waals surface area contributed by atoms with Gasteiger partial charge in [0.05, 0.1) is 5.41 Å². The first-order chi connectivity index (χ1) is 7.99. The molecule has 0 aliphatic heterocycles. The van der Waals surface area contributed by atoms with Crippen LogP contribution in [0.2, 0.25) is 0 Å². The zero-order valence-electron chi connectivity index (χ0n) is 10.0. The average molecular weight is 298 g/mol. The van der Waals surface area contributed by atoms with E-state index in [1.54, 1.807) is 0 Å². The lowest BCUT2D eigenvalue weighted by atomic mass is 9.64. The molecular formula is C13H16BrNO2. The summed E-state index contributed by atoms with van der Waals surface area (Å²) in [5, 5.41) is 9.53. The Balaban J connectivity index is 2.61. The van der Waals surface area contributed by atoms with Gasteiger partial charge in [-0.15, -0.1) is 0 Å². The molecule has 0 heterocycles. The molecule has 0 unspecified atom stereocenters. The van der Waals surface area contributed by atoms with Gasteiger partial charge in [0.1, 0.15) is 0 Å². The molecule has 0 bridgehead atoms. The molecule has 1 fully saturated rings. The zero-order chi connectivity index (χ0) is 12.6. The normalized spacial score (nSPS) is 17.4. The number of aliphatic carboxylic acids is 1. The lowest BCUT2D eigenvalue weighted by Gasteiger charge is -2.40. The molecule has 3 nitrogen and oxygen atoms in total. The van der Waals surface area contributed by atoms with Crippen molar-refractivity contribution < 1.29 is 9.90 Å². The van der Waals surface area contributed by atoms with Gasteiger partial charge in [-0.2, -0.15) is 0 Å². The molecule has 92 valence electrons. The molecule has 1 aliphatic rings. The molecule has 0 amide bonds. The van der Waals surface area contributed by atoms with Crippen molar-refractivity contribution in [3.05, 3.63) is 28.2 Å². The Morgan fingerprint density at radius 1 is 1.41 bits per heavy atom. The van der Waals surface area contributed by atoms with Crippen molar-refractivity contribution in [1.29, 1.82) is 0 Å². The van der Waals surface area contributed by atoms with Gasteiger partial charge < -0.3 is 10.0 Å². The number of benzene rings is 1. The monoisotopic (exact) mass is 297 g/mol. The molecule has 0 saturated heterocycles. The molecule has 0 aromatic heterocycles. The zero-order valence-corrected chi connectivity index (χ0v) is 11.6. The molecular weight excluding hydrogens is 282 g/mol. The number of anilines is 1. The van der Waals surface area contributed by atoms with Gasteiger partial charge in [0.2, 0.25) is 0 Å². The van der Waals surface area contributed by atoms with E-state index in [0.717, 1.165) is 35.0 Å². The predicted molar refractivity (Wildman–Crippen MR) is 71.6 cm³/mol. The van der Waals surface area contributed by atoms with Crippen LogP contribution in [0.25, 0.3) is 0 Å². The molecule has 2 rings (SSSR count). The van der Waals surface area contributed by atoms with Gasteiger partial charge in [-0.25, -0.2) is 0 Å². The molecule has 1 saturated carbocycles. The summed E-state index contributed by atoms with van der Waals surface area (Å²) in [6, 6.07) is 5.84. The first kappa shape index (κ1) is 12.4. The molecule has 4 heteroatoms. The van der Waals surface area contributed by atoms with E-state index in [1.165, 1.54) is 0 Å². The number of hydrogen-bond donors (Lipinski definition) is 1. The maximum atomic E-state index is 11.6. The van der Waals surface area contributed by atoms with Crippen LogP contribution >= 0.6 is 15.9 Å². The number of carbonyl (C=O) groups is 1. The van der Waals surface area contributed by atoms with Gasteiger partial charge in [0, 0.05) is 29.8 Å². The van der Waals surface area contributed by atoms with Crippen LogP contribution in [-0.2, 0) is 10.2 Å². The molecule has 0 radical (unpaired) electrons. The topological polar surface area (TPSA) is 40.5 Å². The lowest BCUT2D eigenvalue weighted by Crippen LogP contribution is -2.43. The molecule has 1 N–H and O–H groups in total. The highest BCUT2D eigenvalue weighted by molar-refractivity contribution is 9.10. The highest BCUT2D eigenvalue weighted by Crippen LogP contribution is 2.49. The Bertz CT molecular complexity index is 453. The van der Waals surface area contributed by atoms with Crippen LogP contribution < -0.4 is 4.90 Å². The average Bonchev–Trinajstić information content (AvgIpc) is 2.17. The van der Waals surface area contributed by atoms with Crippen LogP contribution in [-0.4, -0.2) is 25.2 Å². The maximum absolute atomic E-state index is 11.6. The fourth-order valence-electron chi connectivity index (χ4n) is 2.46. The van der Waals surface area contributed by atoms with Gasteiger partial charge in [0.25, 0.3) is 0 Å². The Morgan fingerprint density at radius 3 is 2.47 bits per heavy atom. The highest BCUT2D eigenvalue weighted by Gasteiger charge is 2.48. The minimum Gasteiger partial charge on any atom is -0.481 e. The Hall–Kier alpha value is -1.03. The second-order valence-corrected chi connectivity index (χ2v) is 5.62. The van der Waals surface area contributed by atoms with Gasteiger partial charge in [-0.3, -0.25) is 4.79 Å². The van der Waals surface area contributed by atoms with Gasteiger partial charge in [-0.1, -0.05) is 28.4 Å². The lowest BCUT2D eigenvalue weighted by molar-refractivity contribution is -0.147. The summed E-state index contributed by atoms with van der Waals surface area (Å²) in [6.07, 6.45) is 2.44. The van der Waals surface area contributed by atoms with E-state index < -0.39 is 11.4 Å². The van der Waals surface area contributed by atoms with Crippen LogP contribution in [0.4, 0.5) is 5.69 Å². The summed E-state index contributed by atoms with van der Waals surface area (Å²) in [5.41, 5.74) is 1.21. The highest BCUT2D eigenvalue weighted by atomic mass is 79.9. The van der Waals surface area contributed by atoms with E-state index in [9.17, 15) is 9.90 Å². The van der Waals surface area contributed by atoms with Gasteiger partial charge >= 0.3 is 5.97 Å². The first-order valence-electron chi connectivity index (χ1n) is 5.69. The van der Waals surface area contributed by atoms with Gasteiger partial charge in [0.15, 0.2) is 0 Å². The van der Waals surface area contributed by atoms with E-state index in [-0.39, 0.29) is 0 Å². The van der Waals surface area contributed by atoms with Crippen molar-refractivity contribution in [2.24, 2.45) is 0 Å². The molecule has 1 aromatic carbocycles. The van der Waals surface area contributed by atoms with Crippen molar-refractivity contribution in [3.63, 3.8) is 0 Å². The predicted octanol–water partition coefficient (Wildman–Crippen LogP) is 3.02. The smallest absolute Gasteiger partial charge is 0.314 e. The Labute approximate surface area is 110 Å². The van der Waals surface area contributed by atoms with Gasteiger partial charge in [-0.05, 0) is 25.0 Å². The molecule has 1 aromatic rings. The summed E-state index contributed by atoms with van der Waals surface area (Å²) >= 11 is 3.50. The number of rotatable bonds is 3. The van der Waals surface area contributed by atoms with Crippen LogP contribution in [0.15, 0.2) is 22.7 Å². The fraction of sp³-hybridized carbons (Fsp3) is 0.462. The molecule has 1 aliphatic carbocycles. The Morgan fingerprint density at radius 2 is 2.06 bits per heavy atom. The van der Waals surface area contributed by atoms with Crippen molar-refractivity contribution in [1.82, 2.24) is 0 Å². The number of nitrogens with zero attached hydrogens (tertiary/aromatic N) is 1. The van der Waals surface area contributed by atoms with Crippen LogP contribution in [0.5, 0.6) is 0 Å². The summed E-state index contributed by atoms with van der Waals surface area (Å²) < 4.78 is 0.894. The summed E-state index contributed by atoms with van der Waals surface area (Å²) in [5.74, 6) is -0.709. The van der Waals surface area contributed by atoms with E-state index in [0.29, 0.717) is 0 Å². The Kier molecular flexibility index (Phi) is 3.17. The number of carboxylic acids is 1. The minimum absolute atomic E-state index is 0.695. The molecule has 0 spiro atoms. The third-order valence-electron chi connectivity index (χ3n) is 3.57. The number of carboxylic acid groups (broad SMARTS) is 1. The minimum atomic E-state index is -0.709. The third-order valence-corrected chi connectivity index (χ3v) is 4.23. The summed E-state index contributed by atoms with van der Waals surface area (Å²) in [6.45, 7) is 0. The quantitative estimate of drug-likeness (QED) is 0.932. The largest absolute Gasteiger partial charge is 0.481 e. The maximum Gasteiger partial charge on any atom is 0.314 e. The van der Waals surface area contributed by atoms with E-state index in [4.69, 9.17) is 0 Å². The van der Waals surface area contributed by atoms with E-state index in [2.05, 4.69) is 15.9 Å². The van der Waals surface area contributed by atoms with Crippen molar-refractivity contribution in [2.45, 2.75) is 24.7 Å². The second kappa shape index (κ2) is 4.33. The molecule has 17 heavy (non-hydrogen) atoms. The fourth-order valence-corrected chi connectivity index (χ4v) is 3.20. The number of halogens is 1. The summed E-state index contributed by atoms with van der Waals surface area (Å²) in [7, 11) is 3.89. The van der Waals surface area contributed by atoms with Crippen molar-refractivity contribution in [3.8, 4) is 0 Å². The SMILES string of the molecule is CN(C)c1cccc(Br)c1C1(C(=O)O)CCC1. The standard InChI is InChI=1S/C13H16BrNO2/c1-15(2)10-6-3-5-9(14)11(10)13(12(16)17)7-4-8-13/h3,5-6H,4,7-8H2,1-2H3,(H,16,17). The second-order valence-electron chi connectivity index (χ2n) is 4.77. The number of hydrogen-bond acceptors (Lipinski definition) is 2. The van der Waals surface area contributed by atoms with Crippen LogP contribution in [0.3, 0.4) is 0 Å². The van der Waals surface area contributed by atoms with Crippen molar-refractivity contribution in [2.75, 3.05) is 19.0 Å². The van der Waals surface area contributed by atoms with E-state index >= 15 is 0 Å². The van der Waals surface area contributed by atoms with Crippen LogP contribution in [0.1, 0.15) is 24.8 Å². The first-order valence-corrected chi connectivity index (χ1v) is 6.48. The summed E-state index contributed by atoms with van der Waals surface area (Å²) in [4.78, 5) is 13.6. The molecule has 0 atom stereocenters. The van der Waals surface area contributed by atoms with Crippen LogP contribution in [0, 0.1) is 0 Å². The third kappa shape index (κ3) is 1.84. The van der Waals surface area contributed by atoms with E-state index in [1.807, 2.05) is 37.2 Å².